The third-order valence-electron chi connectivity index (χ3n) is 3.66. The summed E-state index contributed by atoms with van der Waals surface area (Å²) in [6.07, 6.45) is 2.59. The molecular formula is C15H19N3O2S2. The number of nitrogens with zero attached hydrogens (tertiary/aromatic N) is 2. The molecule has 1 saturated heterocycles. The minimum atomic E-state index is -3.32. The van der Waals surface area contributed by atoms with Crippen LogP contribution in [0.25, 0.3) is 0 Å². The van der Waals surface area contributed by atoms with Crippen molar-refractivity contribution in [2.24, 2.45) is 0 Å². The second-order valence-electron chi connectivity index (χ2n) is 5.61. The van der Waals surface area contributed by atoms with Crippen LogP contribution in [0, 0.1) is 6.92 Å². The summed E-state index contributed by atoms with van der Waals surface area (Å²) in [4.78, 5) is 6.40. The standard InChI is InChI=1S/C15H19N3O2S2/c1-12-3-2-4-13(9-12)11-22(19,20)17-14-5-7-18(10-14)15-16-6-8-21-15/h2-4,6,8-9,14,17H,5,7,10-11H2,1H3/t14-/m0/s1. The maximum atomic E-state index is 12.3. The Morgan fingerprint density at radius 3 is 3.05 bits per heavy atom. The van der Waals surface area contributed by atoms with Crippen LogP contribution in [-0.2, 0) is 15.8 Å². The van der Waals surface area contributed by atoms with Crippen LogP contribution >= 0.6 is 11.3 Å². The van der Waals surface area contributed by atoms with Crippen molar-refractivity contribution in [1.29, 1.82) is 0 Å². The predicted molar refractivity (Wildman–Crippen MR) is 89.7 cm³/mol. The van der Waals surface area contributed by atoms with E-state index >= 15 is 0 Å². The number of sulfonamides is 1. The molecule has 0 spiro atoms. The molecule has 1 aromatic carbocycles. The summed E-state index contributed by atoms with van der Waals surface area (Å²) in [5, 5.41) is 2.89. The van der Waals surface area contributed by atoms with Gasteiger partial charge in [0, 0.05) is 30.7 Å². The lowest BCUT2D eigenvalue weighted by molar-refractivity contribution is 0.560. The van der Waals surface area contributed by atoms with E-state index < -0.39 is 10.0 Å². The van der Waals surface area contributed by atoms with Crippen LogP contribution in [0.2, 0.25) is 0 Å². The molecule has 1 aromatic heterocycles. The summed E-state index contributed by atoms with van der Waals surface area (Å²) in [7, 11) is -3.32. The van der Waals surface area contributed by atoms with Gasteiger partial charge in [0.1, 0.15) is 0 Å². The number of hydrogen-bond donors (Lipinski definition) is 1. The molecule has 1 aliphatic rings. The molecule has 5 nitrogen and oxygen atoms in total. The van der Waals surface area contributed by atoms with E-state index in [0.717, 1.165) is 29.2 Å². The van der Waals surface area contributed by atoms with Gasteiger partial charge < -0.3 is 4.90 Å². The summed E-state index contributed by atoms with van der Waals surface area (Å²) in [6.45, 7) is 3.48. The van der Waals surface area contributed by atoms with Crippen LogP contribution in [0.3, 0.4) is 0 Å². The lowest BCUT2D eigenvalue weighted by Crippen LogP contribution is -2.37. The molecule has 0 saturated carbocycles. The van der Waals surface area contributed by atoms with Crippen molar-refractivity contribution in [1.82, 2.24) is 9.71 Å². The Morgan fingerprint density at radius 2 is 2.32 bits per heavy atom. The van der Waals surface area contributed by atoms with E-state index in [9.17, 15) is 8.42 Å². The molecule has 1 aliphatic heterocycles. The normalized spacial score (nSPS) is 18.8. The smallest absolute Gasteiger partial charge is 0.216 e. The van der Waals surface area contributed by atoms with E-state index in [4.69, 9.17) is 0 Å². The van der Waals surface area contributed by atoms with Gasteiger partial charge in [0.2, 0.25) is 10.0 Å². The first-order valence-corrected chi connectivity index (χ1v) is 9.75. The van der Waals surface area contributed by atoms with Crippen molar-refractivity contribution in [3.05, 3.63) is 47.0 Å². The van der Waals surface area contributed by atoms with Gasteiger partial charge in [-0.1, -0.05) is 29.8 Å². The Labute approximate surface area is 135 Å². The molecule has 1 N–H and O–H groups in total. The van der Waals surface area contributed by atoms with E-state index in [0.29, 0.717) is 6.54 Å². The third kappa shape index (κ3) is 3.85. The molecule has 0 amide bonds. The SMILES string of the molecule is Cc1cccc(CS(=O)(=O)N[C@H]2CCN(c3nccs3)C2)c1. The number of nitrogens with one attached hydrogen (secondary N) is 1. The molecule has 118 valence electrons. The number of anilines is 1. The molecular weight excluding hydrogens is 318 g/mol. The summed E-state index contributed by atoms with van der Waals surface area (Å²) < 4.78 is 27.5. The van der Waals surface area contributed by atoms with Crippen LogP contribution in [0.1, 0.15) is 17.5 Å². The van der Waals surface area contributed by atoms with Crippen LogP contribution in [-0.4, -0.2) is 32.5 Å². The topological polar surface area (TPSA) is 62.3 Å². The minimum Gasteiger partial charge on any atom is -0.346 e. The molecule has 1 fully saturated rings. The van der Waals surface area contributed by atoms with Crippen molar-refractivity contribution in [3.8, 4) is 0 Å². The van der Waals surface area contributed by atoms with Gasteiger partial charge in [-0.25, -0.2) is 18.1 Å². The first kappa shape index (κ1) is 15.5. The van der Waals surface area contributed by atoms with E-state index in [2.05, 4.69) is 14.6 Å². The molecule has 22 heavy (non-hydrogen) atoms. The maximum absolute atomic E-state index is 12.3. The van der Waals surface area contributed by atoms with Gasteiger partial charge in [-0.2, -0.15) is 0 Å². The maximum Gasteiger partial charge on any atom is 0.216 e. The minimum absolute atomic E-state index is 0.0302. The van der Waals surface area contributed by atoms with E-state index in [-0.39, 0.29) is 11.8 Å². The molecule has 7 heteroatoms. The predicted octanol–water partition coefficient (Wildman–Crippen LogP) is 2.15. The number of hydrogen-bond acceptors (Lipinski definition) is 5. The van der Waals surface area contributed by atoms with Crippen molar-refractivity contribution >= 4 is 26.5 Å². The zero-order valence-corrected chi connectivity index (χ0v) is 14.0. The van der Waals surface area contributed by atoms with Crippen molar-refractivity contribution in [2.75, 3.05) is 18.0 Å². The highest BCUT2D eigenvalue weighted by molar-refractivity contribution is 7.88. The van der Waals surface area contributed by atoms with Gasteiger partial charge in [0.25, 0.3) is 0 Å². The Balaban J connectivity index is 1.60. The van der Waals surface area contributed by atoms with E-state index in [1.54, 1.807) is 17.5 Å². The van der Waals surface area contributed by atoms with Gasteiger partial charge in [-0.15, -0.1) is 11.3 Å². The van der Waals surface area contributed by atoms with Gasteiger partial charge >= 0.3 is 0 Å². The Hall–Kier alpha value is -1.44. The van der Waals surface area contributed by atoms with Crippen LogP contribution in [0.15, 0.2) is 35.8 Å². The summed E-state index contributed by atoms with van der Waals surface area (Å²) >= 11 is 1.58. The Bertz CT molecular complexity index is 729. The monoisotopic (exact) mass is 337 g/mol. The molecule has 0 unspecified atom stereocenters. The van der Waals surface area contributed by atoms with Crippen molar-refractivity contribution in [3.63, 3.8) is 0 Å². The summed E-state index contributed by atoms with van der Waals surface area (Å²) in [5.41, 5.74) is 1.89. The fraction of sp³-hybridized carbons (Fsp3) is 0.400. The van der Waals surface area contributed by atoms with Gasteiger partial charge in [-0.3, -0.25) is 0 Å². The van der Waals surface area contributed by atoms with Crippen LogP contribution in [0.4, 0.5) is 5.13 Å². The van der Waals surface area contributed by atoms with E-state index in [1.165, 1.54) is 0 Å². The second-order valence-corrected chi connectivity index (χ2v) is 8.24. The highest BCUT2D eigenvalue weighted by Gasteiger charge is 2.27. The number of benzene rings is 1. The quantitative estimate of drug-likeness (QED) is 0.908. The number of aromatic nitrogens is 1. The molecule has 0 aliphatic carbocycles. The molecule has 2 aromatic rings. The number of thiazole rings is 1. The molecule has 0 radical (unpaired) electrons. The first-order chi connectivity index (χ1) is 10.5. The molecule has 3 rings (SSSR count). The Morgan fingerprint density at radius 1 is 1.45 bits per heavy atom. The number of rotatable bonds is 5. The van der Waals surface area contributed by atoms with Crippen molar-refractivity contribution < 1.29 is 8.42 Å². The fourth-order valence-corrected chi connectivity index (χ4v) is 4.80. The second kappa shape index (κ2) is 6.36. The zero-order valence-electron chi connectivity index (χ0n) is 12.4. The molecule has 0 bridgehead atoms. The number of aryl methyl sites for hydroxylation is 1. The van der Waals surface area contributed by atoms with Crippen molar-refractivity contribution in [2.45, 2.75) is 25.1 Å². The van der Waals surface area contributed by atoms with Crippen LogP contribution in [0.5, 0.6) is 0 Å². The van der Waals surface area contributed by atoms with Gasteiger partial charge in [0.05, 0.1) is 5.75 Å². The van der Waals surface area contributed by atoms with Gasteiger partial charge in [-0.05, 0) is 18.9 Å². The highest BCUT2D eigenvalue weighted by Crippen LogP contribution is 2.22. The lowest BCUT2D eigenvalue weighted by Gasteiger charge is -2.16. The average Bonchev–Trinajstić information content (AvgIpc) is 3.07. The zero-order chi connectivity index (χ0) is 15.6. The van der Waals surface area contributed by atoms with Gasteiger partial charge in [0.15, 0.2) is 5.13 Å². The molecule has 1 atom stereocenters. The molecule has 2 heterocycles. The first-order valence-electron chi connectivity index (χ1n) is 7.22. The van der Waals surface area contributed by atoms with E-state index in [1.807, 2.05) is 36.6 Å². The Kier molecular flexibility index (Phi) is 4.46. The highest BCUT2D eigenvalue weighted by atomic mass is 32.2. The lowest BCUT2D eigenvalue weighted by atomic mass is 10.2. The fourth-order valence-electron chi connectivity index (χ4n) is 2.72. The summed E-state index contributed by atoms with van der Waals surface area (Å²) in [5.74, 6) is 0.0302. The summed E-state index contributed by atoms with van der Waals surface area (Å²) in [6, 6.07) is 7.57. The largest absolute Gasteiger partial charge is 0.346 e. The average molecular weight is 337 g/mol. The third-order valence-corrected chi connectivity index (χ3v) is 5.90. The van der Waals surface area contributed by atoms with Crippen LogP contribution < -0.4 is 9.62 Å².